The first kappa shape index (κ1) is 11.4. The minimum absolute atomic E-state index is 0.121. The monoisotopic (exact) mass is 298 g/mol. The van der Waals surface area contributed by atoms with E-state index in [0.717, 1.165) is 16.3 Å². The van der Waals surface area contributed by atoms with Gasteiger partial charge in [-0.3, -0.25) is 4.79 Å². The molecule has 18 heavy (non-hydrogen) atoms. The maximum atomic E-state index is 11.9. The molecule has 0 heterocycles. The second-order valence-electron chi connectivity index (χ2n) is 4.24. The smallest absolute Gasteiger partial charge is 0.173 e. The van der Waals surface area contributed by atoms with Gasteiger partial charge in [-0.1, -0.05) is 70.5 Å². The molecule has 3 aromatic rings. The van der Waals surface area contributed by atoms with Crippen molar-refractivity contribution in [2.45, 2.75) is 0 Å². The predicted molar refractivity (Wildman–Crippen MR) is 79.6 cm³/mol. The van der Waals surface area contributed by atoms with Gasteiger partial charge < -0.3 is 0 Å². The average Bonchev–Trinajstić information content (AvgIpc) is 2.45. The number of halogens is 1. The molecule has 0 saturated carbocycles. The third-order valence-electron chi connectivity index (χ3n) is 3.21. The fourth-order valence-corrected chi connectivity index (χ4v) is 2.66. The summed E-state index contributed by atoms with van der Waals surface area (Å²) in [5.41, 5.74) is 0.787. The van der Waals surface area contributed by atoms with Crippen molar-refractivity contribution in [3.05, 3.63) is 60.2 Å². The van der Waals surface area contributed by atoms with Crippen LogP contribution < -0.4 is 0 Å². The van der Waals surface area contributed by atoms with E-state index in [4.69, 9.17) is 0 Å². The van der Waals surface area contributed by atoms with E-state index in [0.29, 0.717) is 5.33 Å². The predicted octanol–water partition coefficient (Wildman–Crippen LogP) is 4.57. The molecule has 0 N–H and O–H groups in total. The molecule has 0 aliphatic heterocycles. The molecule has 1 nitrogen and oxygen atoms in total. The van der Waals surface area contributed by atoms with Crippen LogP contribution in [0.2, 0.25) is 0 Å². The molecule has 0 amide bonds. The molecule has 3 aromatic carbocycles. The Morgan fingerprint density at radius 2 is 1.61 bits per heavy atom. The van der Waals surface area contributed by atoms with E-state index >= 15 is 0 Å². The molecule has 0 bridgehead atoms. The summed E-state index contributed by atoms with van der Waals surface area (Å²) in [5.74, 6) is 0.121. The van der Waals surface area contributed by atoms with Crippen LogP contribution in [0, 0.1) is 0 Å². The quantitative estimate of drug-likeness (QED) is 0.385. The third kappa shape index (κ3) is 1.73. The summed E-state index contributed by atoms with van der Waals surface area (Å²) in [6, 6.07) is 18.3. The van der Waals surface area contributed by atoms with E-state index in [9.17, 15) is 4.79 Å². The molecule has 0 unspecified atom stereocenters. The van der Waals surface area contributed by atoms with Gasteiger partial charge in [0.1, 0.15) is 0 Å². The Kier molecular flexibility index (Phi) is 2.88. The van der Waals surface area contributed by atoms with Gasteiger partial charge in [-0.2, -0.15) is 0 Å². The number of carbonyl (C=O) groups is 1. The molecule has 3 rings (SSSR count). The minimum atomic E-state index is 0.121. The van der Waals surface area contributed by atoms with E-state index < -0.39 is 0 Å². The van der Waals surface area contributed by atoms with E-state index in [-0.39, 0.29) is 5.78 Å². The summed E-state index contributed by atoms with van der Waals surface area (Å²) >= 11 is 3.24. The van der Waals surface area contributed by atoms with Crippen molar-refractivity contribution < 1.29 is 4.79 Å². The summed E-state index contributed by atoms with van der Waals surface area (Å²) in [4.78, 5) is 11.9. The highest BCUT2D eigenvalue weighted by molar-refractivity contribution is 9.09. The van der Waals surface area contributed by atoms with Crippen LogP contribution in [0.1, 0.15) is 10.4 Å². The average molecular weight is 299 g/mol. The molecule has 88 valence electrons. The fraction of sp³-hybridized carbons (Fsp3) is 0.0625. The maximum Gasteiger partial charge on any atom is 0.173 e. The van der Waals surface area contributed by atoms with E-state index in [1.807, 2.05) is 30.3 Å². The fourth-order valence-electron chi connectivity index (χ4n) is 2.36. The summed E-state index contributed by atoms with van der Waals surface area (Å²) in [7, 11) is 0. The minimum Gasteiger partial charge on any atom is -0.293 e. The molecule has 0 aliphatic carbocycles. The normalized spacial score (nSPS) is 10.9. The van der Waals surface area contributed by atoms with Crippen molar-refractivity contribution in [2.75, 3.05) is 5.33 Å². The summed E-state index contributed by atoms with van der Waals surface area (Å²) in [6.45, 7) is 0. The number of ketones is 1. The zero-order valence-electron chi connectivity index (χ0n) is 9.69. The van der Waals surface area contributed by atoms with E-state index in [2.05, 4.69) is 40.2 Å². The Labute approximate surface area is 114 Å². The van der Waals surface area contributed by atoms with Gasteiger partial charge in [0.15, 0.2) is 5.78 Å². The van der Waals surface area contributed by atoms with Gasteiger partial charge in [0.05, 0.1) is 5.33 Å². The second-order valence-corrected chi connectivity index (χ2v) is 4.80. The molecule has 0 fully saturated rings. The standard InChI is InChI=1S/C16H11BrO/c17-10-16(18)15-7-3-6-13-12-5-2-1-4-11(12)8-9-14(13)15/h1-9H,10H2. The lowest BCUT2D eigenvalue weighted by molar-refractivity contribution is 0.102. The zero-order valence-corrected chi connectivity index (χ0v) is 11.3. The number of fused-ring (bicyclic) bond motifs is 3. The van der Waals surface area contributed by atoms with Crippen LogP contribution in [0.15, 0.2) is 54.6 Å². The van der Waals surface area contributed by atoms with E-state index in [1.54, 1.807) is 0 Å². The first-order valence-electron chi connectivity index (χ1n) is 5.81. The zero-order chi connectivity index (χ0) is 12.5. The summed E-state index contributed by atoms with van der Waals surface area (Å²) in [6.07, 6.45) is 0. The molecule has 0 radical (unpaired) electrons. The van der Waals surface area contributed by atoms with Gasteiger partial charge in [0.25, 0.3) is 0 Å². The van der Waals surface area contributed by atoms with Crippen LogP contribution >= 0.6 is 15.9 Å². The molecule has 0 saturated heterocycles. The highest BCUT2D eigenvalue weighted by atomic mass is 79.9. The van der Waals surface area contributed by atoms with Crippen LogP contribution in [0.3, 0.4) is 0 Å². The molecule has 0 atom stereocenters. The highest BCUT2D eigenvalue weighted by Gasteiger charge is 2.09. The van der Waals surface area contributed by atoms with Crippen molar-refractivity contribution in [1.82, 2.24) is 0 Å². The van der Waals surface area contributed by atoms with Gasteiger partial charge in [0.2, 0.25) is 0 Å². The lowest BCUT2D eigenvalue weighted by Crippen LogP contribution is -2.00. The SMILES string of the molecule is O=C(CBr)c1cccc2c1ccc1ccccc12. The largest absolute Gasteiger partial charge is 0.293 e. The lowest BCUT2D eigenvalue weighted by atomic mass is 9.97. The van der Waals surface area contributed by atoms with Gasteiger partial charge >= 0.3 is 0 Å². The number of Topliss-reactive ketones (excluding diaryl/α,β-unsaturated/α-hetero) is 1. The summed E-state index contributed by atoms with van der Waals surface area (Å²) < 4.78 is 0. The third-order valence-corrected chi connectivity index (χ3v) is 3.72. The maximum absolute atomic E-state index is 11.9. The molecular weight excluding hydrogens is 288 g/mol. The summed E-state index contributed by atoms with van der Waals surface area (Å²) in [5, 5.41) is 4.92. The molecule has 0 aromatic heterocycles. The lowest BCUT2D eigenvalue weighted by Gasteiger charge is -2.07. The van der Waals surface area contributed by atoms with Crippen molar-refractivity contribution in [2.24, 2.45) is 0 Å². The molecule has 2 heteroatoms. The number of benzene rings is 3. The Morgan fingerprint density at radius 1 is 0.833 bits per heavy atom. The Bertz CT molecular complexity index is 746. The first-order valence-corrected chi connectivity index (χ1v) is 6.93. The molecule has 0 spiro atoms. The Morgan fingerprint density at radius 3 is 2.44 bits per heavy atom. The highest BCUT2D eigenvalue weighted by Crippen LogP contribution is 2.27. The number of carbonyl (C=O) groups excluding carboxylic acids is 1. The number of hydrogen-bond donors (Lipinski definition) is 0. The Hall–Kier alpha value is -1.67. The van der Waals surface area contributed by atoms with Crippen LogP contribution in [0.25, 0.3) is 21.5 Å². The van der Waals surface area contributed by atoms with E-state index in [1.165, 1.54) is 10.8 Å². The topological polar surface area (TPSA) is 17.1 Å². The van der Waals surface area contributed by atoms with Crippen molar-refractivity contribution in [1.29, 1.82) is 0 Å². The van der Waals surface area contributed by atoms with Crippen molar-refractivity contribution in [3.63, 3.8) is 0 Å². The van der Waals surface area contributed by atoms with Crippen LogP contribution in [-0.4, -0.2) is 11.1 Å². The first-order chi connectivity index (χ1) is 8.81. The van der Waals surface area contributed by atoms with Gasteiger partial charge in [-0.25, -0.2) is 0 Å². The van der Waals surface area contributed by atoms with Crippen LogP contribution in [0.4, 0.5) is 0 Å². The second kappa shape index (κ2) is 4.54. The molecular formula is C16H11BrO. The Balaban J connectivity index is 2.43. The molecule has 0 aliphatic rings. The van der Waals surface area contributed by atoms with Gasteiger partial charge in [0, 0.05) is 5.56 Å². The number of alkyl halides is 1. The van der Waals surface area contributed by atoms with Gasteiger partial charge in [-0.15, -0.1) is 0 Å². The van der Waals surface area contributed by atoms with Crippen LogP contribution in [0.5, 0.6) is 0 Å². The van der Waals surface area contributed by atoms with Crippen molar-refractivity contribution in [3.8, 4) is 0 Å². The van der Waals surface area contributed by atoms with Crippen LogP contribution in [-0.2, 0) is 0 Å². The number of hydrogen-bond acceptors (Lipinski definition) is 1. The van der Waals surface area contributed by atoms with Crippen molar-refractivity contribution >= 4 is 43.3 Å². The number of rotatable bonds is 2. The van der Waals surface area contributed by atoms with Gasteiger partial charge in [-0.05, 0) is 21.5 Å².